The summed E-state index contributed by atoms with van der Waals surface area (Å²) < 4.78 is 21.3. The molecule has 0 aromatic rings. The third-order valence-electron chi connectivity index (χ3n) is 1.54. The van der Waals surface area contributed by atoms with Crippen molar-refractivity contribution in [2.24, 2.45) is 0 Å². The van der Waals surface area contributed by atoms with Crippen LogP contribution in [-0.2, 0) is 13.6 Å². The molecule has 0 aromatic carbocycles. The van der Waals surface area contributed by atoms with E-state index in [1.807, 2.05) is 6.92 Å². The molecule has 0 spiro atoms. The zero-order chi connectivity index (χ0) is 8.48. The molecule has 0 N–H and O–H groups in total. The monoisotopic (exact) mass is 174 g/mol. The molecule has 1 aliphatic heterocycles. The Bertz CT molecular complexity index is 230. The number of hydrogen-bond donors (Lipinski definition) is 0. The first kappa shape index (κ1) is 8.80. The summed E-state index contributed by atoms with van der Waals surface area (Å²) in [7, 11) is -2.83. The van der Waals surface area contributed by atoms with Gasteiger partial charge in [0.25, 0.3) is 0 Å². The molecule has 3 nitrogen and oxygen atoms in total. The maximum atomic E-state index is 11.2. The van der Waals surface area contributed by atoms with E-state index in [2.05, 4.69) is 5.92 Å². The molecule has 1 fully saturated rings. The Labute approximate surface area is 66.6 Å². The van der Waals surface area contributed by atoms with Crippen molar-refractivity contribution in [2.75, 3.05) is 6.66 Å². The van der Waals surface area contributed by atoms with Crippen LogP contribution in [0.15, 0.2) is 0 Å². The standard InChI is InChI=1S/C7H11O3P/c1-4-6-7(5-2)10-11(3,8)9-6/h1,6-7H,5H2,2-3H3. The first-order valence-corrected chi connectivity index (χ1v) is 5.48. The minimum Gasteiger partial charge on any atom is -0.302 e. The predicted octanol–water partition coefficient (Wildman–Crippen LogP) is 1.64. The molecule has 0 aliphatic carbocycles. The van der Waals surface area contributed by atoms with E-state index in [0.29, 0.717) is 0 Å². The summed E-state index contributed by atoms with van der Waals surface area (Å²) >= 11 is 0. The highest BCUT2D eigenvalue weighted by atomic mass is 31.2. The molecule has 3 atom stereocenters. The second-order valence-corrected chi connectivity index (χ2v) is 4.48. The predicted molar refractivity (Wildman–Crippen MR) is 42.4 cm³/mol. The maximum absolute atomic E-state index is 11.2. The summed E-state index contributed by atoms with van der Waals surface area (Å²) in [6.45, 7) is 3.36. The molecular formula is C7H11O3P. The molecule has 0 aromatic heterocycles. The minimum atomic E-state index is -2.83. The first-order valence-electron chi connectivity index (χ1n) is 3.49. The topological polar surface area (TPSA) is 35.5 Å². The maximum Gasteiger partial charge on any atom is 0.329 e. The van der Waals surface area contributed by atoms with Crippen molar-refractivity contribution < 1.29 is 13.6 Å². The van der Waals surface area contributed by atoms with Crippen LogP contribution in [0, 0.1) is 12.3 Å². The molecule has 11 heavy (non-hydrogen) atoms. The van der Waals surface area contributed by atoms with Crippen LogP contribution < -0.4 is 0 Å². The summed E-state index contributed by atoms with van der Waals surface area (Å²) in [5.41, 5.74) is 0. The number of rotatable bonds is 1. The lowest BCUT2D eigenvalue weighted by atomic mass is 10.2. The van der Waals surface area contributed by atoms with Crippen molar-refractivity contribution in [3.8, 4) is 12.3 Å². The Morgan fingerprint density at radius 1 is 1.64 bits per heavy atom. The molecule has 4 heteroatoms. The van der Waals surface area contributed by atoms with Crippen molar-refractivity contribution in [3.05, 3.63) is 0 Å². The van der Waals surface area contributed by atoms with Gasteiger partial charge in [0.15, 0.2) is 6.10 Å². The molecule has 3 unspecified atom stereocenters. The van der Waals surface area contributed by atoms with Crippen molar-refractivity contribution in [2.45, 2.75) is 25.6 Å². The van der Waals surface area contributed by atoms with Gasteiger partial charge in [-0.2, -0.15) is 0 Å². The zero-order valence-electron chi connectivity index (χ0n) is 6.61. The first-order chi connectivity index (χ1) is 5.09. The van der Waals surface area contributed by atoms with Crippen LogP contribution in [0.3, 0.4) is 0 Å². The second kappa shape index (κ2) is 2.98. The summed E-state index contributed by atoms with van der Waals surface area (Å²) in [6.07, 6.45) is 5.24. The van der Waals surface area contributed by atoms with Gasteiger partial charge in [0.05, 0.1) is 0 Å². The van der Waals surface area contributed by atoms with E-state index in [0.717, 1.165) is 6.42 Å². The highest BCUT2D eigenvalue weighted by Gasteiger charge is 2.38. The van der Waals surface area contributed by atoms with E-state index in [4.69, 9.17) is 15.5 Å². The van der Waals surface area contributed by atoms with Crippen molar-refractivity contribution in [1.82, 2.24) is 0 Å². The quantitative estimate of drug-likeness (QED) is 0.447. The van der Waals surface area contributed by atoms with E-state index in [1.165, 1.54) is 6.66 Å². The lowest BCUT2D eigenvalue weighted by Crippen LogP contribution is -2.19. The summed E-state index contributed by atoms with van der Waals surface area (Å²) in [5.74, 6) is 2.40. The van der Waals surface area contributed by atoms with E-state index in [1.54, 1.807) is 0 Å². The van der Waals surface area contributed by atoms with Crippen LogP contribution in [0.2, 0.25) is 0 Å². The molecule has 1 rings (SSSR count). The van der Waals surface area contributed by atoms with Crippen LogP contribution in [0.5, 0.6) is 0 Å². The van der Waals surface area contributed by atoms with Gasteiger partial charge in [0, 0.05) is 6.66 Å². The smallest absolute Gasteiger partial charge is 0.302 e. The fourth-order valence-corrected chi connectivity index (χ4v) is 2.44. The van der Waals surface area contributed by atoms with Crippen LogP contribution in [0.25, 0.3) is 0 Å². The van der Waals surface area contributed by atoms with Crippen LogP contribution in [-0.4, -0.2) is 18.9 Å². The van der Waals surface area contributed by atoms with Gasteiger partial charge in [0.1, 0.15) is 6.10 Å². The van der Waals surface area contributed by atoms with Gasteiger partial charge < -0.3 is 4.52 Å². The summed E-state index contributed by atoms with van der Waals surface area (Å²) in [5, 5.41) is 0. The third-order valence-corrected chi connectivity index (χ3v) is 2.80. The number of terminal acetylenes is 1. The lowest BCUT2D eigenvalue weighted by Gasteiger charge is -2.05. The molecule has 1 saturated heterocycles. The molecule has 0 bridgehead atoms. The van der Waals surface area contributed by atoms with Crippen LogP contribution in [0.1, 0.15) is 13.3 Å². The van der Waals surface area contributed by atoms with Gasteiger partial charge in [-0.05, 0) is 6.42 Å². The SMILES string of the molecule is C#CC1OP(C)(=O)OC1CC. The Morgan fingerprint density at radius 3 is 2.64 bits per heavy atom. The van der Waals surface area contributed by atoms with Gasteiger partial charge in [-0.3, -0.25) is 9.09 Å². The second-order valence-electron chi connectivity index (χ2n) is 2.52. The Kier molecular flexibility index (Phi) is 2.39. The summed E-state index contributed by atoms with van der Waals surface area (Å²) in [6, 6.07) is 0. The van der Waals surface area contributed by atoms with Gasteiger partial charge in [0.2, 0.25) is 0 Å². The van der Waals surface area contributed by atoms with Crippen molar-refractivity contribution in [3.63, 3.8) is 0 Å². The van der Waals surface area contributed by atoms with Gasteiger partial charge in [-0.1, -0.05) is 12.8 Å². The zero-order valence-corrected chi connectivity index (χ0v) is 7.51. The third kappa shape index (κ3) is 1.84. The molecule has 1 heterocycles. The fourth-order valence-electron chi connectivity index (χ4n) is 1.03. The fraction of sp³-hybridized carbons (Fsp3) is 0.714. The average Bonchev–Trinajstić information content (AvgIpc) is 2.25. The van der Waals surface area contributed by atoms with E-state index in [-0.39, 0.29) is 6.10 Å². The molecular weight excluding hydrogens is 163 g/mol. The molecule has 0 amide bonds. The summed E-state index contributed by atoms with van der Waals surface area (Å²) in [4.78, 5) is 0. The van der Waals surface area contributed by atoms with E-state index < -0.39 is 13.7 Å². The van der Waals surface area contributed by atoms with Crippen LogP contribution in [0.4, 0.5) is 0 Å². The lowest BCUT2D eigenvalue weighted by molar-refractivity contribution is 0.193. The Balaban J connectivity index is 2.72. The van der Waals surface area contributed by atoms with E-state index >= 15 is 0 Å². The van der Waals surface area contributed by atoms with Gasteiger partial charge >= 0.3 is 7.60 Å². The normalized spacial score (nSPS) is 43.7. The number of hydrogen-bond acceptors (Lipinski definition) is 3. The minimum absolute atomic E-state index is 0.198. The molecule has 1 aliphatic rings. The van der Waals surface area contributed by atoms with Gasteiger partial charge in [-0.25, -0.2) is 0 Å². The highest BCUT2D eigenvalue weighted by molar-refractivity contribution is 7.53. The van der Waals surface area contributed by atoms with Crippen molar-refractivity contribution in [1.29, 1.82) is 0 Å². The molecule has 0 radical (unpaired) electrons. The molecule has 0 saturated carbocycles. The largest absolute Gasteiger partial charge is 0.329 e. The average molecular weight is 174 g/mol. The highest BCUT2D eigenvalue weighted by Crippen LogP contribution is 2.53. The van der Waals surface area contributed by atoms with E-state index in [9.17, 15) is 4.57 Å². The molecule has 62 valence electrons. The van der Waals surface area contributed by atoms with Crippen molar-refractivity contribution >= 4 is 7.60 Å². The van der Waals surface area contributed by atoms with Gasteiger partial charge in [-0.15, -0.1) is 6.42 Å². The van der Waals surface area contributed by atoms with Crippen LogP contribution >= 0.6 is 7.60 Å². The Hall–Kier alpha value is -0.290. The Morgan fingerprint density at radius 2 is 2.27 bits per heavy atom.